The predicted molar refractivity (Wildman–Crippen MR) is 54.6 cm³/mol. The highest BCUT2D eigenvalue weighted by atomic mass is 79.9. The lowest BCUT2D eigenvalue weighted by Gasteiger charge is -2.14. The van der Waals surface area contributed by atoms with Gasteiger partial charge in [-0.2, -0.15) is 0 Å². The molecule has 1 rings (SSSR count). The first-order valence-electron chi connectivity index (χ1n) is 4.01. The molecule has 0 fully saturated rings. The first kappa shape index (κ1) is 10.2. The number of hydrogen-bond donors (Lipinski definition) is 0. The maximum absolute atomic E-state index is 11.7. The summed E-state index contributed by atoms with van der Waals surface area (Å²) in [5.41, 5.74) is 0.652. The molecule has 1 aromatic rings. The van der Waals surface area contributed by atoms with Gasteiger partial charge < -0.3 is 4.90 Å². The summed E-state index contributed by atoms with van der Waals surface area (Å²) in [6, 6.07) is 1.71. The molecule has 0 unspecified atom stereocenters. The number of carbonyl (C=O) groups excluding carboxylic acids is 1. The van der Waals surface area contributed by atoms with Crippen LogP contribution < -0.4 is 0 Å². The minimum absolute atomic E-state index is 0.0109. The smallest absolute Gasteiger partial charge is 0.254 e. The second-order valence-corrected chi connectivity index (χ2v) is 3.53. The molecule has 3 nitrogen and oxygen atoms in total. The molecule has 0 saturated carbocycles. The van der Waals surface area contributed by atoms with Crippen molar-refractivity contribution >= 4 is 21.8 Å². The summed E-state index contributed by atoms with van der Waals surface area (Å²) in [6.45, 7) is 2.64. The van der Waals surface area contributed by atoms with E-state index in [0.717, 1.165) is 4.47 Å². The molecular formula is C9H11BrN2O. The van der Waals surface area contributed by atoms with Crippen LogP contribution in [0, 0.1) is 0 Å². The van der Waals surface area contributed by atoms with Gasteiger partial charge in [0.05, 0.1) is 5.56 Å². The average Bonchev–Trinajstić information content (AvgIpc) is 2.16. The highest BCUT2D eigenvalue weighted by Crippen LogP contribution is 2.15. The van der Waals surface area contributed by atoms with Gasteiger partial charge in [-0.15, -0.1) is 0 Å². The quantitative estimate of drug-likeness (QED) is 0.795. The van der Waals surface area contributed by atoms with Gasteiger partial charge in [-0.1, -0.05) is 0 Å². The molecule has 13 heavy (non-hydrogen) atoms. The molecule has 0 spiro atoms. The summed E-state index contributed by atoms with van der Waals surface area (Å²) in [6.07, 6.45) is 3.23. The van der Waals surface area contributed by atoms with E-state index in [1.165, 1.54) is 0 Å². The van der Waals surface area contributed by atoms with Crippen molar-refractivity contribution in [2.45, 2.75) is 6.92 Å². The van der Waals surface area contributed by atoms with Crippen molar-refractivity contribution in [2.75, 3.05) is 13.6 Å². The Morgan fingerprint density at radius 2 is 2.38 bits per heavy atom. The Kier molecular flexibility index (Phi) is 3.42. The zero-order chi connectivity index (χ0) is 9.84. The molecular weight excluding hydrogens is 232 g/mol. The van der Waals surface area contributed by atoms with Crippen molar-refractivity contribution < 1.29 is 4.79 Å². The van der Waals surface area contributed by atoms with Gasteiger partial charge in [-0.05, 0) is 28.9 Å². The van der Waals surface area contributed by atoms with E-state index >= 15 is 0 Å². The molecule has 0 saturated heterocycles. The fourth-order valence-electron chi connectivity index (χ4n) is 0.898. The van der Waals surface area contributed by atoms with E-state index < -0.39 is 0 Å². The van der Waals surface area contributed by atoms with Crippen LogP contribution in [0.25, 0.3) is 0 Å². The molecule has 0 aliphatic heterocycles. The lowest BCUT2D eigenvalue weighted by Crippen LogP contribution is -2.26. The van der Waals surface area contributed by atoms with Crippen LogP contribution in [0.5, 0.6) is 0 Å². The largest absolute Gasteiger partial charge is 0.342 e. The van der Waals surface area contributed by atoms with E-state index in [4.69, 9.17) is 0 Å². The third kappa shape index (κ3) is 2.28. The molecule has 1 heterocycles. The molecule has 1 aromatic heterocycles. The van der Waals surface area contributed by atoms with Gasteiger partial charge in [0.15, 0.2) is 0 Å². The molecule has 4 heteroatoms. The van der Waals surface area contributed by atoms with Gasteiger partial charge >= 0.3 is 0 Å². The number of rotatable bonds is 2. The SMILES string of the molecule is CCN(C)C(=O)c1ccncc1Br. The molecule has 70 valence electrons. The van der Waals surface area contributed by atoms with Gasteiger partial charge in [0.2, 0.25) is 0 Å². The highest BCUT2D eigenvalue weighted by Gasteiger charge is 2.12. The van der Waals surface area contributed by atoms with Gasteiger partial charge in [0.1, 0.15) is 0 Å². The molecule has 0 atom stereocenters. The Labute approximate surface area is 85.9 Å². The van der Waals surface area contributed by atoms with Gasteiger partial charge in [-0.3, -0.25) is 9.78 Å². The number of amides is 1. The Morgan fingerprint density at radius 3 is 2.92 bits per heavy atom. The van der Waals surface area contributed by atoms with Crippen molar-refractivity contribution in [3.8, 4) is 0 Å². The molecule has 1 amide bonds. The second-order valence-electron chi connectivity index (χ2n) is 2.67. The summed E-state index contributed by atoms with van der Waals surface area (Å²) >= 11 is 3.28. The predicted octanol–water partition coefficient (Wildman–Crippen LogP) is 1.94. The third-order valence-electron chi connectivity index (χ3n) is 1.82. The number of aromatic nitrogens is 1. The Hall–Kier alpha value is -0.900. The first-order valence-corrected chi connectivity index (χ1v) is 4.81. The van der Waals surface area contributed by atoms with Crippen LogP contribution in [0.3, 0.4) is 0 Å². The minimum atomic E-state index is 0.0109. The second kappa shape index (κ2) is 4.37. The fourth-order valence-corrected chi connectivity index (χ4v) is 1.32. The third-order valence-corrected chi connectivity index (χ3v) is 2.46. The molecule has 0 radical (unpaired) electrons. The highest BCUT2D eigenvalue weighted by molar-refractivity contribution is 9.10. The standard InChI is InChI=1S/C9H11BrN2O/c1-3-12(2)9(13)7-4-5-11-6-8(7)10/h4-6H,3H2,1-2H3. The van der Waals surface area contributed by atoms with E-state index in [0.29, 0.717) is 12.1 Å². The summed E-state index contributed by atoms with van der Waals surface area (Å²) in [7, 11) is 1.77. The monoisotopic (exact) mass is 242 g/mol. The summed E-state index contributed by atoms with van der Waals surface area (Å²) in [4.78, 5) is 17.2. The van der Waals surface area contributed by atoms with E-state index in [1.807, 2.05) is 6.92 Å². The van der Waals surface area contributed by atoms with Crippen molar-refractivity contribution in [3.63, 3.8) is 0 Å². The van der Waals surface area contributed by atoms with Crippen molar-refractivity contribution in [2.24, 2.45) is 0 Å². The van der Waals surface area contributed by atoms with Crippen LogP contribution in [0.15, 0.2) is 22.9 Å². The van der Waals surface area contributed by atoms with Crippen LogP contribution in [-0.4, -0.2) is 29.4 Å². The minimum Gasteiger partial charge on any atom is -0.342 e. The van der Waals surface area contributed by atoms with Crippen molar-refractivity contribution in [1.29, 1.82) is 0 Å². The summed E-state index contributed by atoms with van der Waals surface area (Å²) in [5, 5.41) is 0. The maximum Gasteiger partial charge on any atom is 0.254 e. The van der Waals surface area contributed by atoms with Gasteiger partial charge in [0, 0.05) is 30.5 Å². The molecule has 0 aromatic carbocycles. The first-order chi connectivity index (χ1) is 6.16. The Balaban J connectivity index is 2.95. The number of carbonyl (C=O) groups is 1. The lowest BCUT2D eigenvalue weighted by atomic mass is 10.2. The fraction of sp³-hybridized carbons (Fsp3) is 0.333. The van der Waals surface area contributed by atoms with E-state index in [9.17, 15) is 4.79 Å². The summed E-state index contributed by atoms with van der Waals surface area (Å²) < 4.78 is 0.736. The normalized spacial score (nSPS) is 9.77. The van der Waals surface area contributed by atoms with E-state index in [-0.39, 0.29) is 5.91 Å². The molecule has 0 bridgehead atoms. The average molecular weight is 243 g/mol. The molecule has 0 aliphatic carbocycles. The maximum atomic E-state index is 11.7. The Morgan fingerprint density at radius 1 is 1.69 bits per heavy atom. The van der Waals surface area contributed by atoms with E-state index in [2.05, 4.69) is 20.9 Å². The summed E-state index contributed by atoms with van der Waals surface area (Å²) in [5.74, 6) is 0.0109. The van der Waals surface area contributed by atoms with Crippen LogP contribution in [0.1, 0.15) is 17.3 Å². The van der Waals surface area contributed by atoms with E-state index in [1.54, 1.807) is 30.4 Å². The zero-order valence-electron chi connectivity index (χ0n) is 7.62. The Bertz CT molecular complexity index is 314. The van der Waals surface area contributed by atoms with Crippen LogP contribution >= 0.6 is 15.9 Å². The van der Waals surface area contributed by atoms with Crippen LogP contribution in [0.4, 0.5) is 0 Å². The number of nitrogens with zero attached hydrogens (tertiary/aromatic N) is 2. The van der Waals surface area contributed by atoms with Gasteiger partial charge in [-0.25, -0.2) is 0 Å². The molecule has 0 N–H and O–H groups in total. The van der Waals surface area contributed by atoms with Gasteiger partial charge in [0.25, 0.3) is 5.91 Å². The van der Waals surface area contributed by atoms with Crippen molar-refractivity contribution in [3.05, 3.63) is 28.5 Å². The zero-order valence-corrected chi connectivity index (χ0v) is 9.21. The molecule has 0 aliphatic rings. The van der Waals surface area contributed by atoms with Crippen LogP contribution in [-0.2, 0) is 0 Å². The number of hydrogen-bond acceptors (Lipinski definition) is 2. The van der Waals surface area contributed by atoms with Crippen molar-refractivity contribution in [1.82, 2.24) is 9.88 Å². The lowest BCUT2D eigenvalue weighted by molar-refractivity contribution is 0.0801. The number of pyridine rings is 1. The number of halogens is 1. The topological polar surface area (TPSA) is 33.2 Å². The van der Waals surface area contributed by atoms with Crippen LogP contribution in [0.2, 0.25) is 0 Å².